The fourth-order valence-electron chi connectivity index (χ4n) is 1.54. The molecule has 1 aromatic carbocycles. The molecule has 0 unspecified atom stereocenters. The number of benzene rings is 1. The molecule has 0 radical (unpaired) electrons. The van der Waals surface area contributed by atoms with Crippen molar-refractivity contribution in [3.8, 4) is 0 Å². The number of hydrazine groups is 1. The molecule has 4 N–H and O–H groups in total. The summed E-state index contributed by atoms with van der Waals surface area (Å²) in [6.07, 6.45) is 3.04. The van der Waals surface area contributed by atoms with Crippen LogP contribution in [0.3, 0.4) is 0 Å². The van der Waals surface area contributed by atoms with Crippen molar-refractivity contribution in [1.29, 1.82) is 0 Å². The minimum absolute atomic E-state index is 0.250. The number of pyridine rings is 1. The molecule has 2 aromatic rings. The van der Waals surface area contributed by atoms with Gasteiger partial charge in [-0.2, -0.15) is 0 Å². The number of rotatable bonds is 3. The Balaban J connectivity index is 2.19. The van der Waals surface area contributed by atoms with E-state index in [1.54, 1.807) is 12.3 Å². The van der Waals surface area contributed by atoms with Gasteiger partial charge in [0, 0.05) is 18.1 Å². The van der Waals surface area contributed by atoms with Gasteiger partial charge in [0.05, 0.1) is 11.3 Å². The number of anilines is 2. The van der Waals surface area contributed by atoms with E-state index in [4.69, 9.17) is 5.84 Å². The van der Waals surface area contributed by atoms with Gasteiger partial charge in [0.1, 0.15) is 0 Å². The van der Waals surface area contributed by atoms with E-state index in [1.165, 1.54) is 6.20 Å². The van der Waals surface area contributed by atoms with Crippen molar-refractivity contribution in [1.82, 2.24) is 4.98 Å². The Hall–Kier alpha value is -2.40. The molecule has 1 aromatic heterocycles. The number of amides is 1. The van der Waals surface area contributed by atoms with Gasteiger partial charge in [-0.1, -0.05) is 17.7 Å². The lowest BCUT2D eigenvalue weighted by molar-refractivity contribution is 0.102. The minimum Gasteiger partial charge on any atom is -0.323 e. The summed E-state index contributed by atoms with van der Waals surface area (Å²) in [5.74, 6) is 5.09. The molecule has 0 bridgehead atoms. The average molecular weight is 242 g/mol. The second-order valence-corrected chi connectivity index (χ2v) is 3.89. The second kappa shape index (κ2) is 5.29. The quantitative estimate of drug-likeness (QED) is 0.567. The van der Waals surface area contributed by atoms with Crippen LogP contribution in [0.5, 0.6) is 0 Å². The van der Waals surface area contributed by atoms with Gasteiger partial charge in [-0.05, 0) is 25.1 Å². The molecule has 0 aliphatic rings. The smallest absolute Gasteiger partial charge is 0.259 e. The van der Waals surface area contributed by atoms with Gasteiger partial charge in [-0.3, -0.25) is 15.6 Å². The van der Waals surface area contributed by atoms with E-state index in [-0.39, 0.29) is 5.91 Å². The number of aromatic nitrogens is 1. The molecule has 0 aliphatic carbocycles. The zero-order chi connectivity index (χ0) is 13.0. The number of nitrogens with two attached hydrogens (primary N) is 1. The molecule has 0 aliphatic heterocycles. The Kier molecular flexibility index (Phi) is 3.54. The summed E-state index contributed by atoms with van der Waals surface area (Å²) in [7, 11) is 0. The summed E-state index contributed by atoms with van der Waals surface area (Å²) < 4.78 is 0. The topological polar surface area (TPSA) is 80.0 Å². The summed E-state index contributed by atoms with van der Waals surface area (Å²) in [4.78, 5) is 15.9. The highest BCUT2D eigenvalue weighted by Gasteiger charge is 2.10. The van der Waals surface area contributed by atoms with Crippen LogP contribution in [0.2, 0.25) is 0 Å². The van der Waals surface area contributed by atoms with Crippen molar-refractivity contribution in [2.75, 3.05) is 10.7 Å². The first-order chi connectivity index (χ1) is 8.70. The SMILES string of the molecule is Cc1ccc(NC(=O)c2cnccc2NN)cc1. The first-order valence-corrected chi connectivity index (χ1v) is 5.49. The van der Waals surface area contributed by atoms with Crippen molar-refractivity contribution in [3.05, 3.63) is 53.9 Å². The van der Waals surface area contributed by atoms with Gasteiger partial charge in [-0.15, -0.1) is 0 Å². The van der Waals surface area contributed by atoms with E-state index in [2.05, 4.69) is 15.7 Å². The van der Waals surface area contributed by atoms with Crippen LogP contribution in [0.15, 0.2) is 42.7 Å². The average Bonchev–Trinajstić information content (AvgIpc) is 2.41. The third-order valence-electron chi connectivity index (χ3n) is 2.53. The number of nitrogens with zero attached hydrogens (tertiary/aromatic N) is 1. The van der Waals surface area contributed by atoms with E-state index in [1.807, 2.05) is 31.2 Å². The van der Waals surface area contributed by atoms with Crippen LogP contribution in [0, 0.1) is 6.92 Å². The van der Waals surface area contributed by atoms with Crippen molar-refractivity contribution < 1.29 is 4.79 Å². The van der Waals surface area contributed by atoms with Gasteiger partial charge >= 0.3 is 0 Å². The monoisotopic (exact) mass is 242 g/mol. The highest BCUT2D eigenvalue weighted by molar-refractivity contribution is 6.07. The maximum atomic E-state index is 12.0. The van der Waals surface area contributed by atoms with E-state index in [9.17, 15) is 4.79 Å². The molecular formula is C13H14N4O. The van der Waals surface area contributed by atoms with Crippen LogP contribution in [-0.4, -0.2) is 10.9 Å². The maximum Gasteiger partial charge on any atom is 0.259 e. The second-order valence-electron chi connectivity index (χ2n) is 3.89. The fourth-order valence-corrected chi connectivity index (χ4v) is 1.54. The summed E-state index contributed by atoms with van der Waals surface area (Å²) in [6, 6.07) is 9.20. The van der Waals surface area contributed by atoms with E-state index < -0.39 is 0 Å². The first-order valence-electron chi connectivity index (χ1n) is 5.49. The molecule has 2 rings (SSSR count). The number of hydrogen-bond donors (Lipinski definition) is 3. The minimum atomic E-state index is -0.250. The molecule has 18 heavy (non-hydrogen) atoms. The predicted octanol–water partition coefficient (Wildman–Crippen LogP) is 1.93. The lowest BCUT2D eigenvalue weighted by Crippen LogP contribution is -2.17. The number of nitrogen functional groups attached to an aromatic ring is 1. The number of carbonyl (C=O) groups excluding carboxylic acids is 1. The summed E-state index contributed by atoms with van der Waals surface area (Å²) in [5.41, 5.74) is 5.28. The molecular weight excluding hydrogens is 228 g/mol. The van der Waals surface area contributed by atoms with Gasteiger partial charge in [0.25, 0.3) is 5.91 Å². The summed E-state index contributed by atoms with van der Waals surface area (Å²) >= 11 is 0. The molecule has 5 nitrogen and oxygen atoms in total. The molecule has 0 atom stereocenters. The van der Waals surface area contributed by atoms with Gasteiger partial charge in [0.15, 0.2) is 0 Å². The molecule has 0 saturated heterocycles. The van der Waals surface area contributed by atoms with Crippen LogP contribution >= 0.6 is 0 Å². The van der Waals surface area contributed by atoms with E-state index >= 15 is 0 Å². The number of hydrogen-bond acceptors (Lipinski definition) is 4. The molecule has 92 valence electrons. The largest absolute Gasteiger partial charge is 0.323 e. The molecule has 0 spiro atoms. The molecule has 0 fully saturated rings. The van der Waals surface area contributed by atoms with Crippen molar-refractivity contribution >= 4 is 17.3 Å². The Labute approximate surface area is 105 Å². The lowest BCUT2D eigenvalue weighted by Gasteiger charge is -2.09. The standard InChI is InChI=1S/C13H14N4O/c1-9-2-4-10(5-3-9)16-13(18)11-8-15-7-6-12(11)17-14/h2-8H,14H2,1H3,(H,15,17)(H,16,18). The van der Waals surface area contributed by atoms with Gasteiger partial charge < -0.3 is 10.7 Å². The van der Waals surface area contributed by atoms with Gasteiger partial charge in [0.2, 0.25) is 0 Å². The zero-order valence-electron chi connectivity index (χ0n) is 9.97. The first kappa shape index (κ1) is 12.1. The van der Waals surface area contributed by atoms with Gasteiger partial charge in [-0.25, -0.2) is 0 Å². The zero-order valence-corrected chi connectivity index (χ0v) is 9.97. The Morgan fingerprint density at radius 1 is 1.22 bits per heavy atom. The third-order valence-corrected chi connectivity index (χ3v) is 2.53. The van der Waals surface area contributed by atoms with Crippen LogP contribution in [0.25, 0.3) is 0 Å². The Morgan fingerprint density at radius 2 is 1.94 bits per heavy atom. The van der Waals surface area contributed by atoms with E-state index in [0.29, 0.717) is 11.3 Å². The fraction of sp³-hybridized carbons (Fsp3) is 0.0769. The summed E-state index contributed by atoms with van der Waals surface area (Å²) in [5, 5.41) is 2.79. The van der Waals surface area contributed by atoms with Crippen LogP contribution in [-0.2, 0) is 0 Å². The highest BCUT2D eigenvalue weighted by Crippen LogP contribution is 2.15. The normalized spacial score (nSPS) is 9.89. The highest BCUT2D eigenvalue weighted by atomic mass is 16.1. The van der Waals surface area contributed by atoms with E-state index in [0.717, 1.165) is 11.3 Å². The lowest BCUT2D eigenvalue weighted by atomic mass is 10.2. The van der Waals surface area contributed by atoms with Crippen molar-refractivity contribution in [3.63, 3.8) is 0 Å². The van der Waals surface area contributed by atoms with Crippen molar-refractivity contribution in [2.45, 2.75) is 6.92 Å². The summed E-state index contributed by atoms with van der Waals surface area (Å²) in [6.45, 7) is 1.99. The Morgan fingerprint density at radius 3 is 2.61 bits per heavy atom. The molecule has 1 heterocycles. The van der Waals surface area contributed by atoms with Crippen LogP contribution in [0.1, 0.15) is 15.9 Å². The molecule has 1 amide bonds. The Bertz CT molecular complexity index is 551. The van der Waals surface area contributed by atoms with Crippen LogP contribution in [0.4, 0.5) is 11.4 Å². The maximum absolute atomic E-state index is 12.0. The number of aryl methyl sites for hydroxylation is 1. The number of carbonyl (C=O) groups is 1. The van der Waals surface area contributed by atoms with Crippen molar-refractivity contribution in [2.24, 2.45) is 5.84 Å². The number of nitrogens with one attached hydrogen (secondary N) is 2. The molecule has 0 saturated carbocycles. The molecule has 5 heteroatoms. The van der Waals surface area contributed by atoms with Crippen LogP contribution < -0.4 is 16.6 Å². The third kappa shape index (κ3) is 2.64. The predicted molar refractivity (Wildman–Crippen MR) is 71.2 cm³/mol.